The maximum atomic E-state index is 14.0. The number of benzene rings is 2. The molecule has 0 fully saturated rings. The standard InChI is InChI=1S/C21H24FN5OS/c1-12(2)15-10-7-8-13(3)18(15)24-20(28)14(4)29-21-26-25-19(27(21)23)16-9-5-6-11-17(16)22/h5-12,14H,23H2,1-4H3,(H,24,28). The lowest BCUT2D eigenvalue weighted by Gasteiger charge is -2.18. The van der Waals surface area contributed by atoms with Crippen LogP contribution in [0.4, 0.5) is 10.1 Å². The van der Waals surface area contributed by atoms with Gasteiger partial charge in [-0.05, 0) is 43.0 Å². The lowest BCUT2D eigenvalue weighted by atomic mass is 9.98. The fraction of sp³-hybridized carbons (Fsp3) is 0.286. The molecule has 0 bridgehead atoms. The number of carbonyl (C=O) groups is 1. The van der Waals surface area contributed by atoms with Gasteiger partial charge in [0.1, 0.15) is 5.82 Å². The first-order valence-corrected chi connectivity index (χ1v) is 10.2. The molecule has 1 atom stereocenters. The molecule has 0 spiro atoms. The normalized spacial score (nSPS) is 12.2. The van der Waals surface area contributed by atoms with Gasteiger partial charge in [-0.25, -0.2) is 9.07 Å². The minimum absolute atomic E-state index is 0.165. The second-order valence-corrected chi connectivity index (χ2v) is 8.41. The van der Waals surface area contributed by atoms with E-state index >= 15 is 0 Å². The largest absolute Gasteiger partial charge is 0.335 e. The molecule has 152 valence electrons. The average molecular weight is 414 g/mol. The van der Waals surface area contributed by atoms with Gasteiger partial charge in [0.25, 0.3) is 0 Å². The molecule has 29 heavy (non-hydrogen) atoms. The second-order valence-electron chi connectivity index (χ2n) is 7.10. The monoisotopic (exact) mass is 413 g/mol. The van der Waals surface area contributed by atoms with E-state index in [0.29, 0.717) is 5.16 Å². The lowest BCUT2D eigenvalue weighted by molar-refractivity contribution is -0.115. The molecule has 8 heteroatoms. The SMILES string of the molecule is Cc1cccc(C(C)C)c1NC(=O)C(C)Sc1nnc(-c2ccccc2F)n1N. The number of aryl methyl sites for hydroxylation is 1. The van der Waals surface area contributed by atoms with Gasteiger partial charge in [0.15, 0.2) is 5.82 Å². The van der Waals surface area contributed by atoms with Gasteiger partial charge in [-0.3, -0.25) is 4.79 Å². The maximum Gasteiger partial charge on any atom is 0.237 e. The number of hydrogen-bond donors (Lipinski definition) is 2. The quantitative estimate of drug-likeness (QED) is 0.463. The van der Waals surface area contributed by atoms with E-state index in [9.17, 15) is 9.18 Å². The molecule has 1 amide bonds. The number of hydrogen-bond acceptors (Lipinski definition) is 5. The van der Waals surface area contributed by atoms with Crippen LogP contribution < -0.4 is 11.2 Å². The first-order valence-electron chi connectivity index (χ1n) is 9.32. The van der Waals surface area contributed by atoms with E-state index in [1.165, 1.54) is 22.5 Å². The second kappa shape index (κ2) is 8.65. The van der Waals surface area contributed by atoms with Gasteiger partial charge in [0.2, 0.25) is 11.1 Å². The Hall–Kier alpha value is -2.87. The topological polar surface area (TPSA) is 85.8 Å². The van der Waals surface area contributed by atoms with Crippen molar-refractivity contribution in [2.45, 2.75) is 44.0 Å². The number of nitrogens with zero attached hydrogens (tertiary/aromatic N) is 3. The fourth-order valence-electron chi connectivity index (χ4n) is 2.96. The van der Waals surface area contributed by atoms with Crippen molar-refractivity contribution >= 4 is 23.4 Å². The van der Waals surface area contributed by atoms with Gasteiger partial charge in [0.05, 0.1) is 10.8 Å². The number of thioether (sulfide) groups is 1. The number of para-hydroxylation sites is 1. The summed E-state index contributed by atoms with van der Waals surface area (Å²) in [7, 11) is 0. The zero-order valence-electron chi connectivity index (χ0n) is 16.8. The summed E-state index contributed by atoms with van der Waals surface area (Å²) in [5, 5.41) is 10.9. The zero-order valence-corrected chi connectivity index (χ0v) is 17.6. The van der Waals surface area contributed by atoms with Gasteiger partial charge >= 0.3 is 0 Å². The number of rotatable bonds is 6. The summed E-state index contributed by atoms with van der Waals surface area (Å²) in [6, 6.07) is 12.2. The van der Waals surface area contributed by atoms with Crippen molar-refractivity contribution in [2.75, 3.05) is 11.2 Å². The summed E-state index contributed by atoms with van der Waals surface area (Å²) in [4.78, 5) is 12.8. The van der Waals surface area contributed by atoms with Crippen molar-refractivity contribution in [3.63, 3.8) is 0 Å². The predicted molar refractivity (Wildman–Crippen MR) is 115 cm³/mol. The highest BCUT2D eigenvalue weighted by atomic mass is 32.2. The Morgan fingerprint density at radius 3 is 2.55 bits per heavy atom. The number of nitrogens with two attached hydrogens (primary N) is 1. The van der Waals surface area contributed by atoms with E-state index in [1.807, 2.05) is 25.1 Å². The number of halogens is 1. The van der Waals surface area contributed by atoms with Gasteiger partial charge in [-0.2, -0.15) is 0 Å². The summed E-state index contributed by atoms with van der Waals surface area (Å²) in [5.41, 5.74) is 3.18. The van der Waals surface area contributed by atoms with Crippen LogP contribution in [0.1, 0.15) is 37.8 Å². The maximum absolute atomic E-state index is 14.0. The van der Waals surface area contributed by atoms with Crippen molar-refractivity contribution in [2.24, 2.45) is 0 Å². The van der Waals surface area contributed by atoms with Crippen LogP contribution in [0.2, 0.25) is 0 Å². The van der Waals surface area contributed by atoms with Crippen LogP contribution in [0.3, 0.4) is 0 Å². The number of nitrogens with one attached hydrogen (secondary N) is 1. The summed E-state index contributed by atoms with van der Waals surface area (Å²) in [6.45, 7) is 7.91. The van der Waals surface area contributed by atoms with E-state index in [2.05, 4.69) is 29.4 Å². The molecule has 1 unspecified atom stereocenters. The molecule has 1 heterocycles. The minimum atomic E-state index is -0.477. The third-order valence-corrected chi connectivity index (χ3v) is 5.66. The highest BCUT2D eigenvalue weighted by Crippen LogP contribution is 2.30. The van der Waals surface area contributed by atoms with Crippen LogP contribution in [0, 0.1) is 12.7 Å². The molecule has 1 aromatic heterocycles. The first kappa shape index (κ1) is 20.9. The smallest absolute Gasteiger partial charge is 0.237 e. The molecule has 6 nitrogen and oxygen atoms in total. The molecule has 3 N–H and O–H groups in total. The zero-order chi connectivity index (χ0) is 21.1. The van der Waals surface area contributed by atoms with Crippen molar-refractivity contribution in [3.05, 3.63) is 59.4 Å². The van der Waals surface area contributed by atoms with Crippen molar-refractivity contribution in [1.29, 1.82) is 0 Å². The average Bonchev–Trinajstić information content (AvgIpc) is 3.03. The van der Waals surface area contributed by atoms with E-state index in [0.717, 1.165) is 16.8 Å². The Morgan fingerprint density at radius 2 is 1.86 bits per heavy atom. The first-order chi connectivity index (χ1) is 13.8. The minimum Gasteiger partial charge on any atom is -0.335 e. The molecule has 0 aliphatic heterocycles. The summed E-state index contributed by atoms with van der Waals surface area (Å²) in [5.74, 6) is 5.95. The highest BCUT2D eigenvalue weighted by molar-refractivity contribution is 8.00. The molecule has 3 rings (SSSR count). The molecule has 0 saturated carbocycles. The van der Waals surface area contributed by atoms with Crippen LogP contribution in [0.5, 0.6) is 0 Å². The predicted octanol–water partition coefficient (Wildman–Crippen LogP) is 4.35. The molecule has 0 radical (unpaired) electrons. The highest BCUT2D eigenvalue weighted by Gasteiger charge is 2.22. The Morgan fingerprint density at radius 1 is 1.14 bits per heavy atom. The van der Waals surface area contributed by atoms with E-state index in [4.69, 9.17) is 5.84 Å². The van der Waals surface area contributed by atoms with Crippen LogP contribution in [0.25, 0.3) is 11.4 Å². The molecule has 0 aliphatic carbocycles. The number of aromatic nitrogens is 3. The molecular weight excluding hydrogens is 389 g/mol. The van der Waals surface area contributed by atoms with Crippen molar-refractivity contribution in [3.8, 4) is 11.4 Å². The number of nitrogen functional groups attached to an aromatic ring is 1. The molecular formula is C21H24FN5OS. The molecule has 0 saturated heterocycles. The molecule has 0 aliphatic rings. The Kier molecular flexibility index (Phi) is 6.22. The Balaban J connectivity index is 1.77. The number of amides is 1. The van der Waals surface area contributed by atoms with Crippen molar-refractivity contribution < 1.29 is 9.18 Å². The molecule has 2 aromatic carbocycles. The third-order valence-electron chi connectivity index (χ3n) is 4.61. The third kappa shape index (κ3) is 4.42. The summed E-state index contributed by atoms with van der Waals surface area (Å²) >= 11 is 1.17. The van der Waals surface area contributed by atoms with Crippen LogP contribution in [-0.2, 0) is 4.79 Å². The van der Waals surface area contributed by atoms with Gasteiger partial charge in [0, 0.05) is 5.69 Å². The number of carbonyl (C=O) groups excluding carboxylic acids is 1. The van der Waals surface area contributed by atoms with Gasteiger partial charge < -0.3 is 11.2 Å². The van der Waals surface area contributed by atoms with E-state index < -0.39 is 11.1 Å². The van der Waals surface area contributed by atoms with Crippen molar-refractivity contribution in [1.82, 2.24) is 14.9 Å². The summed E-state index contributed by atoms with van der Waals surface area (Å²) < 4.78 is 15.2. The van der Waals surface area contributed by atoms with Crippen LogP contribution in [0.15, 0.2) is 47.6 Å². The summed E-state index contributed by atoms with van der Waals surface area (Å²) in [6.07, 6.45) is 0. The van der Waals surface area contributed by atoms with E-state index in [-0.39, 0.29) is 23.2 Å². The van der Waals surface area contributed by atoms with Gasteiger partial charge in [-0.15, -0.1) is 10.2 Å². The van der Waals surface area contributed by atoms with Crippen LogP contribution in [-0.4, -0.2) is 26.0 Å². The van der Waals surface area contributed by atoms with Gasteiger partial charge in [-0.1, -0.05) is 55.9 Å². The number of anilines is 1. The lowest BCUT2D eigenvalue weighted by Crippen LogP contribution is -2.25. The Bertz CT molecular complexity index is 1030. The van der Waals surface area contributed by atoms with Crippen LogP contribution >= 0.6 is 11.8 Å². The molecule has 3 aromatic rings. The fourth-order valence-corrected chi connectivity index (χ4v) is 3.73. The van der Waals surface area contributed by atoms with E-state index in [1.54, 1.807) is 25.1 Å². The Labute approximate surface area is 173 Å².